The normalized spacial score (nSPS) is 9.00. The van der Waals surface area contributed by atoms with Crippen molar-refractivity contribution < 1.29 is 4.21 Å². The molecule has 0 aromatic rings. The summed E-state index contributed by atoms with van der Waals surface area (Å²) in [6.45, 7) is 1.57. The number of thiocarbonyl (C=S) groups is 1. The molecule has 0 fully saturated rings. The average Bonchev–Trinajstić information content (AvgIpc) is 1.36. The number of hydrogen-bond donors (Lipinski definition) is 0. The second-order valence-electron chi connectivity index (χ2n) is 0.726. The summed E-state index contributed by atoms with van der Waals surface area (Å²) in [5.74, 6) is 0. The fourth-order valence-corrected chi connectivity index (χ4v) is 0. The van der Waals surface area contributed by atoms with E-state index in [9.17, 15) is 4.21 Å². The summed E-state index contributed by atoms with van der Waals surface area (Å²) in [5, 5.41) is 0. The van der Waals surface area contributed by atoms with Crippen molar-refractivity contribution in [1.82, 2.24) is 0 Å². The lowest BCUT2D eigenvalue weighted by Crippen LogP contribution is -1.81. The minimum absolute atomic E-state index is 0.380. The zero-order valence-electron chi connectivity index (χ0n) is 3.13. The fraction of sp³-hybridized carbons (Fsp3) is 0.500. The number of rotatable bonds is 0. The van der Waals surface area contributed by atoms with Crippen molar-refractivity contribution in [3.8, 4) is 0 Å². The molecule has 1 nitrogen and oxygen atoms in total. The van der Waals surface area contributed by atoms with Crippen LogP contribution in [0.25, 0.3) is 0 Å². The summed E-state index contributed by atoms with van der Waals surface area (Å²) in [6.07, 6.45) is 0. The first-order valence-corrected chi connectivity index (χ1v) is 3.72. The highest BCUT2D eigenvalue weighted by atomic mass is 32.8. The molecule has 0 spiro atoms. The van der Waals surface area contributed by atoms with Crippen LogP contribution in [0.1, 0.15) is 6.92 Å². The molecule has 0 radical (unpaired) electrons. The fourth-order valence-electron chi connectivity index (χ4n) is 0. The van der Waals surface area contributed by atoms with Crippen molar-refractivity contribution in [3.63, 3.8) is 0 Å². The van der Waals surface area contributed by atoms with Crippen molar-refractivity contribution in [2.75, 3.05) is 0 Å². The van der Waals surface area contributed by atoms with Crippen LogP contribution >= 0.6 is 12.2 Å². The lowest BCUT2D eigenvalue weighted by molar-refractivity contribution is 0.609. The van der Waals surface area contributed by atoms with Crippen LogP contribution in [-0.2, 0) is 24.8 Å². The molecule has 0 aliphatic rings. The van der Waals surface area contributed by atoms with Gasteiger partial charge in [-0.15, -0.1) is 12.2 Å². The summed E-state index contributed by atoms with van der Waals surface area (Å²) >= 11 is 8.65. The third-order valence-electron chi connectivity index (χ3n) is 0.235. The van der Waals surface area contributed by atoms with Crippen molar-refractivity contribution in [1.29, 1.82) is 0 Å². The molecule has 36 valence electrons. The van der Waals surface area contributed by atoms with Crippen molar-refractivity contribution in [2.45, 2.75) is 6.92 Å². The standard InChI is InChI=1S/C2H3OS3/c1-2(4)6(3)5/h1H3/q-1. The molecule has 0 unspecified atom stereocenters. The third-order valence-corrected chi connectivity index (χ3v) is 2.22. The molecule has 0 aromatic carbocycles. The molecule has 0 aliphatic carbocycles. The van der Waals surface area contributed by atoms with E-state index in [-0.39, 0.29) is 0 Å². The van der Waals surface area contributed by atoms with Crippen molar-refractivity contribution in [2.24, 2.45) is 0 Å². The summed E-state index contributed by atoms with van der Waals surface area (Å²) in [4.78, 5) is 0. The van der Waals surface area contributed by atoms with Crippen LogP contribution in [0, 0.1) is 0 Å². The van der Waals surface area contributed by atoms with E-state index in [1.54, 1.807) is 6.92 Å². The predicted molar refractivity (Wildman–Crippen MR) is 33.7 cm³/mol. The Kier molecular flexibility index (Phi) is 2.80. The molecule has 6 heavy (non-hydrogen) atoms. The van der Waals surface area contributed by atoms with E-state index in [1.807, 2.05) is 0 Å². The summed E-state index contributed by atoms with van der Waals surface area (Å²) in [5.41, 5.74) is 0. The molecule has 0 aliphatic heterocycles. The topological polar surface area (TPSA) is 17.1 Å². The van der Waals surface area contributed by atoms with Gasteiger partial charge in [0.2, 0.25) is 0 Å². The van der Waals surface area contributed by atoms with E-state index in [0.717, 1.165) is 0 Å². The van der Waals surface area contributed by atoms with Gasteiger partial charge in [-0.3, -0.25) is 0 Å². The Labute approximate surface area is 48.4 Å². The first kappa shape index (κ1) is 6.46. The Morgan fingerprint density at radius 3 is 2.00 bits per heavy atom. The molecule has 0 heterocycles. The van der Waals surface area contributed by atoms with Gasteiger partial charge in [-0.05, 0) is 0 Å². The quantitative estimate of drug-likeness (QED) is 0.364. The van der Waals surface area contributed by atoms with E-state index >= 15 is 0 Å². The predicted octanol–water partition coefficient (Wildman–Crippen LogP) is 0.759. The van der Waals surface area contributed by atoms with Crippen LogP contribution in [-0.4, -0.2) is 4.20 Å². The molecule has 0 amide bonds. The van der Waals surface area contributed by atoms with Gasteiger partial charge in [-0.1, -0.05) is 11.1 Å². The summed E-state index contributed by atoms with van der Waals surface area (Å²) in [6, 6.07) is 0. The maximum Gasteiger partial charge on any atom is -0.0511 e. The van der Waals surface area contributed by atoms with Crippen LogP contribution in [0.4, 0.5) is 0 Å². The average molecular weight is 139 g/mol. The highest BCUT2D eigenvalue weighted by molar-refractivity contribution is 8.34. The zero-order chi connectivity index (χ0) is 5.15. The second kappa shape index (κ2) is 2.60. The van der Waals surface area contributed by atoms with Crippen LogP contribution < -0.4 is 0 Å². The van der Waals surface area contributed by atoms with E-state index in [1.165, 1.54) is 0 Å². The van der Waals surface area contributed by atoms with Gasteiger partial charge in [-0.2, -0.15) is 9.36 Å². The maximum absolute atomic E-state index is 9.93. The lowest BCUT2D eigenvalue weighted by atomic mass is 11.0. The SMILES string of the molecule is CC(=S)[S-](=O)=S. The summed E-state index contributed by atoms with van der Waals surface area (Å²) in [7, 11) is -1.30. The Morgan fingerprint density at radius 2 is 2.00 bits per heavy atom. The van der Waals surface area contributed by atoms with Crippen LogP contribution in [0.5, 0.6) is 0 Å². The molecule has 0 N–H and O–H groups in total. The molecule has 4 heteroatoms. The van der Waals surface area contributed by atoms with Crippen molar-refractivity contribution in [3.05, 3.63) is 0 Å². The minimum Gasteiger partial charge on any atom is -0.446 e. The van der Waals surface area contributed by atoms with Crippen LogP contribution in [0.15, 0.2) is 0 Å². The lowest BCUT2D eigenvalue weighted by Gasteiger charge is -1.87. The van der Waals surface area contributed by atoms with E-state index in [4.69, 9.17) is 0 Å². The molecule has 0 saturated carbocycles. The maximum atomic E-state index is 9.93. The van der Waals surface area contributed by atoms with Gasteiger partial charge in [-0.25, -0.2) is 11.2 Å². The van der Waals surface area contributed by atoms with Gasteiger partial charge in [0.1, 0.15) is 0 Å². The van der Waals surface area contributed by atoms with Gasteiger partial charge in [0.05, 0.1) is 0 Å². The van der Waals surface area contributed by atoms with Gasteiger partial charge >= 0.3 is 0 Å². The van der Waals surface area contributed by atoms with Gasteiger partial charge in [0, 0.05) is 0 Å². The van der Waals surface area contributed by atoms with Crippen LogP contribution in [0.3, 0.4) is 0 Å². The van der Waals surface area contributed by atoms with E-state index < -0.39 is 9.36 Å². The third kappa shape index (κ3) is 2.68. The van der Waals surface area contributed by atoms with Crippen molar-refractivity contribution >= 4 is 37.0 Å². The van der Waals surface area contributed by atoms with Gasteiger partial charge in [0.25, 0.3) is 0 Å². The highest BCUT2D eigenvalue weighted by Gasteiger charge is 1.61. The number of hydrogen-bond acceptors (Lipinski definition) is 4. The molecule has 0 saturated heterocycles. The second-order valence-corrected chi connectivity index (χ2v) is 3.59. The minimum atomic E-state index is -1.30. The summed E-state index contributed by atoms with van der Waals surface area (Å²) < 4.78 is 10.3. The first-order valence-electron chi connectivity index (χ1n) is 1.24. The molecular formula is C2H3OS3-. The molecule has 0 rings (SSSR count). The van der Waals surface area contributed by atoms with E-state index in [2.05, 4.69) is 23.4 Å². The Bertz CT molecular complexity index is 115. The van der Waals surface area contributed by atoms with Gasteiger partial charge < -0.3 is 4.21 Å². The molecule has 0 aromatic heterocycles. The largest absolute Gasteiger partial charge is 0.446 e. The highest BCUT2D eigenvalue weighted by Crippen LogP contribution is 1.71. The Hall–Kier alpha value is 0.460. The van der Waals surface area contributed by atoms with Crippen LogP contribution in [0.2, 0.25) is 0 Å². The molecular weight excluding hydrogens is 136 g/mol. The van der Waals surface area contributed by atoms with E-state index in [0.29, 0.717) is 4.20 Å². The molecule has 0 atom stereocenters. The van der Waals surface area contributed by atoms with Gasteiger partial charge in [0.15, 0.2) is 0 Å². The Morgan fingerprint density at radius 1 is 1.83 bits per heavy atom. The first-order chi connectivity index (χ1) is 2.64. The Balaban J connectivity index is 3.94. The molecule has 0 bridgehead atoms. The monoisotopic (exact) mass is 139 g/mol. The zero-order valence-corrected chi connectivity index (χ0v) is 5.58. The smallest absolute Gasteiger partial charge is 0.0511 e.